The second-order valence-corrected chi connectivity index (χ2v) is 6.69. The Labute approximate surface area is 184 Å². The fraction of sp³-hybridized carbons (Fsp3) is 0.450. The summed E-state index contributed by atoms with van der Waals surface area (Å²) in [5.74, 6) is -3.15. The maximum Gasteiger partial charge on any atom is 0.326 e. The van der Waals surface area contributed by atoms with Crippen LogP contribution < -0.4 is 16.0 Å². The van der Waals surface area contributed by atoms with Crippen molar-refractivity contribution in [3.63, 3.8) is 0 Å². The maximum absolute atomic E-state index is 12.8. The van der Waals surface area contributed by atoms with Gasteiger partial charge in [0.1, 0.15) is 11.9 Å². The van der Waals surface area contributed by atoms with Crippen LogP contribution in [0, 0.1) is 5.82 Å². The van der Waals surface area contributed by atoms with Crippen LogP contribution in [0.5, 0.6) is 0 Å². The Hall–Kier alpha value is -3.70. The average molecular weight is 453 g/mol. The Morgan fingerprint density at radius 3 is 2.31 bits per heavy atom. The number of oxime groups is 1. The Morgan fingerprint density at radius 2 is 1.69 bits per heavy atom. The molecule has 0 aliphatic heterocycles. The molecule has 1 aromatic carbocycles. The van der Waals surface area contributed by atoms with E-state index < -0.39 is 24.0 Å². The van der Waals surface area contributed by atoms with Gasteiger partial charge in [0, 0.05) is 19.5 Å². The number of urea groups is 1. The molecule has 0 spiro atoms. The van der Waals surface area contributed by atoms with Crippen molar-refractivity contribution >= 4 is 30.1 Å². The minimum atomic E-state index is -1.30. The number of carboxylic acid groups (broad SMARTS) is 2. The first-order chi connectivity index (χ1) is 15.3. The summed E-state index contributed by atoms with van der Waals surface area (Å²) in [4.78, 5) is 49.7. The van der Waals surface area contributed by atoms with E-state index in [1.165, 1.54) is 30.5 Å². The molecule has 1 atom stereocenters. The zero-order valence-corrected chi connectivity index (χ0v) is 17.4. The minimum Gasteiger partial charge on any atom is -0.481 e. The van der Waals surface area contributed by atoms with Crippen LogP contribution in [0.15, 0.2) is 29.4 Å². The number of hydrogen-bond donors (Lipinski definition) is 5. The first kappa shape index (κ1) is 26.3. The van der Waals surface area contributed by atoms with Gasteiger partial charge in [-0.15, -0.1) is 0 Å². The van der Waals surface area contributed by atoms with Gasteiger partial charge in [0.2, 0.25) is 0 Å². The molecule has 176 valence electrons. The van der Waals surface area contributed by atoms with Gasteiger partial charge in [-0.2, -0.15) is 0 Å². The van der Waals surface area contributed by atoms with Crippen molar-refractivity contribution in [2.45, 2.75) is 38.1 Å². The number of hydrogen-bond acceptors (Lipinski definition) is 6. The van der Waals surface area contributed by atoms with Crippen molar-refractivity contribution in [2.75, 3.05) is 19.7 Å². The number of carbonyl (C=O) groups is 4. The number of carboxylic acids is 2. The van der Waals surface area contributed by atoms with E-state index in [0.29, 0.717) is 37.9 Å². The molecule has 3 amide bonds. The lowest BCUT2D eigenvalue weighted by Crippen LogP contribution is -2.46. The Morgan fingerprint density at radius 1 is 1.03 bits per heavy atom. The van der Waals surface area contributed by atoms with Gasteiger partial charge in [-0.25, -0.2) is 14.0 Å². The monoisotopic (exact) mass is 453 g/mol. The summed E-state index contributed by atoms with van der Waals surface area (Å²) in [6.45, 7) is 0.449. The summed E-state index contributed by atoms with van der Waals surface area (Å²) in [7, 11) is 0. The predicted octanol–water partition coefficient (Wildman–Crippen LogP) is 1.08. The molecule has 1 unspecified atom stereocenters. The van der Waals surface area contributed by atoms with Crippen LogP contribution in [0.4, 0.5) is 9.18 Å². The zero-order valence-electron chi connectivity index (χ0n) is 17.4. The summed E-state index contributed by atoms with van der Waals surface area (Å²) in [5, 5.41) is 28.6. The van der Waals surface area contributed by atoms with E-state index in [1.54, 1.807) is 0 Å². The fourth-order valence-electron chi connectivity index (χ4n) is 2.38. The lowest BCUT2D eigenvalue weighted by Gasteiger charge is -2.14. The van der Waals surface area contributed by atoms with Gasteiger partial charge in [-0.1, -0.05) is 17.3 Å². The smallest absolute Gasteiger partial charge is 0.326 e. The fourth-order valence-corrected chi connectivity index (χ4v) is 2.38. The highest BCUT2D eigenvalue weighted by Crippen LogP contribution is 2.00. The Kier molecular flexibility index (Phi) is 12.5. The maximum atomic E-state index is 12.8. The highest BCUT2D eigenvalue weighted by molar-refractivity contribution is 5.83. The standard InChI is InChI=1S/C20H27FN4O7/c21-15-6-4-14(5-7-15)12-24-32-13-17(26)22-10-2-1-3-11-23-20(31)25-16(19(29)30)8-9-18(27)28/h4-7,12,16H,1-3,8-11,13H2,(H,22,26)(H,27,28)(H,29,30)(H2,23,25,31)/b24-12+/i21-1. The molecule has 0 aliphatic rings. The number of nitrogens with one attached hydrogen (secondary N) is 3. The quantitative estimate of drug-likeness (QED) is 0.150. The third-order valence-corrected chi connectivity index (χ3v) is 4.05. The molecule has 32 heavy (non-hydrogen) atoms. The molecule has 0 bridgehead atoms. The van der Waals surface area contributed by atoms with Crippen LogP contribution in [0.2, 0.25) is 0 Å². The molecule has 5 N–H and O–H groups in total. The van der Waals surface area contributed by atoms with E-state index in [0.717, 1.165) is 0 Å². The van der Waals surface area contributed by atoms with Gasteiger partial charge in [-0.05, 0) is 43.4 Å². The highest BCUT2D eigenvalue weighted by atomic mass is 18.2. The molecule has 0 radical (unpaired) electrons. The summed E-state index contributed by atoms with van der Waals surface area (Å²) < 4.78 is 12.8. The molecule has 11 nitrogen and oxygen atoms in total. The highest BCUT2D eigenvalue weighted by Gasteiger charge is 2.20. The normalized spacial score (nSPS) is 11.5. The lowest BCUT2D eigenvalue weighted by atomic mass is 10.1. The number of halogens is 1. The molecule has 0 heterocycles. The van der Waals surface area contributed by atoms with Gasteiger partial charge < -0.3 is 31.0 Å². The zero-order chi connectivity index (χ0) is 23.8. The molecular formula is C20H27FN4O7. The summed E-state index contributed by atoms with van der Waals surface area (Å²) in [5.41, 5.74) is 0.632. The number of nitrogens with zero attached hydrogens (tertiary/aromatic N) is 1. The van der Waals surface area contributed by atoms with Gasteiger partial charge in [0.05, 0.1) is 6.21 Å². The number of aliphatic carboxylic acids is 2. The number of unbranched alkanes of at least 4 members (excludes halogenated alkanes) is 2. The second-order valence-electron chi connectivity index (χ2n) is 6.69. The van der Waals surface area contributed by atoms with Crippen molar-refractivity contribution in [2.24, 2.45) is 5.16 Å². The number of rotatable bonds is 15. The van der Waals surface area contributed by atoms with Crippen molar-refractivity contribution in [1.29, 1.82) is 0 Å². The van der Waals surface area contributed by atoms with E-state index >= 15 is 0 Å². The van der Waals surface area contributed by atoms with Crippen LogP contribution in [-0.4, -0.2) is 66.0 Å². The minimum absolute atomic E-state index is 0.209. The number of amides is 3. The second kappa shape index (κ2) is 15.2. The SMILES string of the molecule is O=C(O)CCC(NC(=O)NCCCCCNC(=O)CO/N=C/c1ccc([18F])cc1)C(=O)O. The van der Waals surface area contributed by atoms with Gasteiger partial charge in [0.25, 0.3) is 5.91 Å². The van der Waals surface area contributed by atoms with Crippen molar-refractivity contribution in [1.82, 2.24) is 16.0 Å². The van der Waals surface area contributed by atoms with Crippen LogP contribution in [0.25, 0.3) is 0 Å². The summed E-state index contributed by atoms with van der Waals surface area (Å²) in [6.07, 6.45) is 2.75. The molecular weight excluding hydrogens is 426 g/mol. The lowest BCUT2D eigenvalue weighted by molar-refractivity contribution is -0.140. The van der Waals surface area contributed by atoms with Crippen LogP contribution >= 0.6 is 0 Å². The van der Waals surface area contributed by atoms with E-state index in [9.17, 15) is 23.6 Å². The summed E-state index contributed by atoms with van der Waals surface area (Å²) in [6, 6.07) is 3.64. The summed E-state index contributed by atoms with van der Waals surface area (Å²) >= 11 is 0. The molecule has 0 saturated carbocycles. The first-order valence-corrected chi connectivity index (χ1v) is 9.94. The largest absolute Gasteiger partial charge is 0.481 e. The number of carbonyl (C=O) groups excluding carboxylic acids is 2. The predicted molar refractivity (Wildman–Crippen MR) is 112 cm³/mol. The van der Waals surface area contributed by atoms with Crippen molar-refractivity contribution in [3.05, 3.63) is 35.6 Å². The Bertz CT molecular complexity index is 787. The van der Waals surface area contributed by atoms with Gasteiger partial charge in [-0.3, -0.25) is 9.59 Å². The van der Waals surface area contributed by atoms with E-state index in [4.69, 9.17) is 15.1 Å². The molecule has 0 aromatic heterocycles. The van der Waals surface area contributed by atoms with Crippen LogP contribution in [0.1, 0.15) is 37.7 Å². The first-order valence-electron chi connectivity index (χ1n) is 9.94. The number of benzene rings is 1. The Balaban J connectivity index is 2.05. The molecule has 0 fully saturated rings. The average Bonchev–Trinajstić information content (AvgIpc) is 2.74. The molecule has 1 rings (SSSR count). The molecule has 0 saturated heterocycles. The van der Waals surface area contributed by atoms with Gasteiger partial charge >= 0.3 is 18.0 Å². The van der Waals surface area contributed by atoms with Crippen LogP contribution in [0.3, 0.4) is 0 Å². The van der Waals surface area contributed by atoms with E-state index in [2.05, 4.69) is 21.1 Å². The third-order valence-electron chi connectivity index (χ3n) is 4.05. The molecule has 12 heteroatoms. The third kappa shape index (κ3) is 12.8. The topological polar surface area (TPSA) is 166 Å². The molecule has 0 aliphatic carbocycles. The van der Waals surface area contributed by atoms with E-state index in [1.807, 2.05) is 0 Å². The van der Waals surface area contributed by atoms with Crippen LogP contribution in [-0.2, 0) is 19.2 Å². The van der Waals surface area contributed by atoms with Crippen molar-refractivity contribution in [3.8, 4) is 0 Å². The molecule has 1 aromatic rings. The van der Waals surface area contributed by atoms with Crippen molar-refractivity contribution < 1.29 is 38.6 Å². The van der Waals surface area contributed by atoms with E-state index in [-0.39, 0.29) is 31.2 Å². The van der Waals surface area contributed by atoms with Gasteiger partial charge in [0.15, 0.2) is 6.61 Å².